The van der Waals surface area contributed by atoms with Crippen LogP contribution in [0.5, 0.6) is 0 Å². The van der Waals surface area contributed by atoms with E-state index in [0.717, 1.165) is 6.42 Å². The highest BCUT2D eigenvalue weighted by atomic mass is 13.7. The van der Waals surface area contributed by atoms with Crippen molar-refractivity contribution >= 4 is 0 Å². The van der Waals surface area contributed by atoms with E-state index in [1.165, 1.54) is 0 Å². The fourth-order valence-corrected chi connectivity index (χ4v) is 0.201. The van der Waals surface area contributed by atoms with Crippen LogP contribution in [0, 0.1) is 6.42 Å². The summed E-state index contributed by atoms with van der Waals surface area (Å²) in [5.41, 5.74) is 2.66. The van der Waals surface area contributed by atoms with Crippen molar-refractivity contribution in [2.75, 3.05) is 0 Å². The number of hydrogen-bond donors (Lipinski definition) is 0. The molecule has 0 heteroatoms. The molecule has 33 valence electrons. The second kappa shape index (κ2) is 4.52. The molecule has 0 aromatic carbocycles. The maximum absolute atomic E-state index is 3.40. The Hall–Kier alpha value is -0.480. The predicted molar refractivity (Wildman–Crippen MR) is 28.3 cm³/mol. The van der Waals surface area contributed by atoms with Crippen molar-refractivity contribution in [1.29, 1.82) is 0 Å². The highest BCUT2D eigenvalue weighted by molar-refractivity contribution is 4.80. The Morgan fingerprint density at radius 3 is 2.67 bits per heavy atom. The van der Waals surface area contributed by atoms with Crippen molar-refractivity contribution < 1.29 is 0 Å². The average molecular weight is 81.1 g/mol. The van der Waals surface area contributed by atoms with Crippen LogP contribution in [0.25, 0.3) is 0 Å². The van der Waals surface area contributed by atoms with Gasteiger partial charge in [-0.05, 0) is 18.9 Å². The zero-order valence-electron chi connectivity index (χ0n) is 4.07. The van der Waals surface area contributed by atoms with E-state index in [1.54, 1.807) is 0 Å². The number of allylic oxidation sites excluding steroid dienone is 1. The normalized spacial score (nSPS) is 6.83. The molecule has 0 nitrogen and oxygen atoms in total. The first-order chi connectivity index (χ1) is 2.91. The molecule has 0 saturated heterocycles. The predicted octanol–water partition coefficient (Wildman–Crippen LogP) is 1.94. The molecule has 0 N–H and O–H groups in total. The molecule has 0 aliphatic carbocycles. The molecule has 0 amide bonds. The molecule has 0 aromatic heterocycles. The van der Waals surface area contributed by atoms with E-state index in [2.05, 4.69) is 18.7 Å². The van der Waals surface area contributed by atoms with E-state index in [-0.39, 0.29) is 0 Å². The van der Waals surface area contributed by atoms with Crippen LogP contribution in [0.15, 0.2) is 18.4 Å². The molecule has 0 aliphatic heterocycles. The lowest BCUT2D eigenvalue weighted by atomic mass is 10.3. The Labute approximate surface area is 39.2 Å². The van der Waals surface area contributed by atoms with Crippen LogP contribution in [-0.4, -0.2) is 0 Å². The molecule has 0 bridgehead atoms. The topological polar surface area (TPSA) is 0 Å². The number of rotatable bonds is 2. The first-order valence-electron chi connectivity index (χ1n) is 2.04. The minimum Gasteiger partial charge on any atom is -0.133 e. The van der Waals surface area contributed by atoms with Gasteiger partial charge < -0.3 is 0 Å². The van der Waals surface area contributed by atoms with Gasteiger partial charge in [-0.25, -0.2) is 0 Å². The van der Waals surface area contributed by atoms with Crippen molar-refractivity contribution in [3.8, 4) is 0 Å². The van der Waals surface area contributed by atoms with E-state index >= 15 is 0 Å². The molecule has 0 unspecified atom stereocenters. The van der Waals surface area contributed by atoms with Gasteiger partial charge in [-0.1, -0.05) is 13.5 Å². The Balaban J connectivity index is 2.86. The van der Waals surface area contributed by atoms with Gasteiger partial charge in [0.25, 0.3) is 0 Å². The Bertz CT molecular complexity index is 56.4. The van der Waals surface area contributed by atoms with Gasteiger partial charge in [-0.3, -0.25) is 0 Å². The van der Waals surface area contributed by atoms with Gasteiger partial charge in [-0.2, -0.15) is 0 Å². The van der Waals surface area contributed by atoms with Crippen LogP contribution < -0.4 is 0 Å². The van der Waals surface area contributed by atoms with Crippen molar-refractivity contribution in [2.24, 2.45) is 0 Å². The molecule has 0 rings (SSSR count). The van der Waals surface area contributed by atoms with Crippen LogP contribution in [0.2, 0.25) is 0 Å². The monoisotopic (exact) mass is 81.1 g/mol. The first-order valence-corrected chi connectivity index (χ1v) is 2.04. The molecule has 0 fully saturated rings. The van der Waals surface area contributed by atoms with Crippen molar-refractivity contribution in [3.05, 3.63) is 24.8 Å². The zero-order chi connectivity index (χ0) is 4.83. The molecule has 0 atom stereocenters. The highest BCUT2D eigenvalue weighted by Crippen LogP contribution is 1.81. The van der Waals surface area contributed by atoms with E-state index in [1.807, 2.05) is 13.0 Å². The van der Waals surface area contributed by atoms with Crippen molar-refractivity contribution in [2.45, 2.75) is 13.3 Å². The second-order valence-corrected chi connectivity index (χ2v) is 1.05. The minimum absolute atomic E-state index is 0.990. The largest absolute Gasteiger partial charge is 0.133 e. The Kier molecular flexibility index (Phi) is 4.16. The van der Waals surface area contributed by atoms with Crippen LogP contribution in [0.4, 0.5) is 0 Å². The van der Waals surface area contributed by atoms with Gasteiger partial charge in [0.1, 0.15) is 0 Å². The van der Waals surface area contributed by atoms with Gasteiger partial charge >= 0.3 is 0 Å². The molecule has 0 aliphatic rings. The number of unbranched alkanes of at least 4 members (excludes halogenated alkanes) is 1. The summed E-state index contributed by atoms with van der Waals surface area (Å²) in [6.07, 6.45) is 4.93. The summed E-state index contributed by atoms with van der Waals surface area (Å²) in [4.78, 5) is 0. The molecule has 6 heavy (non-hydrogen) atoms. The van der Waals surface area contributed by atoms with Gasteiger partial charge in [0.2, 0.25) is 0 Å². The SMILES string of the molecule is C=C=CC[CH]C. The molecular formula is C6H9. The van der Waals surface area contributed by atoms with Crippen LogP contribution in [-0.2, 0) is 0 Å². The fourth-order valence-electron chi connectivity index (χ4n) is 0.201. The third kappa shape index (κ3) is 3.52. The fraction of sp³-hybridized carbons (Fsp3) is 0.333. The van der Waals surface area contributed by atoms with E-state index in [9.17, 15) is 0 Å². The quantitative estimate of drug-likeness (QED) is 0.445. The summed E-state index contributed by atoms with van der Waals surface area (Å²) in [5.74, 6) is 0. The maximum Gasteiger partial charge on any atom is -0.0246 e. The zero-order valence-corrected chi connectivity index (χ0v) is 4.07. The van der Waals surface area contributed by atoms with E-state index in [0.29, 0.717) is 0 Å². The summed E-state index contributed by atoms with van der Waals surface area (Å²) >= 11 is 0. The molecule has 0 spiro atoms. The smallest absolute Gasteiger partial charge is 0.0246 e. The third-order valence-corrected chi connectivity index (χ3v) is 0.498. The van der Waals surface area contributed by atoms with Crippen molar-refractivity contribution in [3.63, 3.8) is 0 Å². The Morgan fingerprint density at radius 2 is 2.50 bits per heavy atom. The van der Waals surface area contributed by atoms with Gasteiger partial charge in [-0.15, -0.1) is 5.73 Å². The summed E-state index contributed by atoms with van der Waals surface area (Å²) in [6.45, 7) is 5.41. The average Bonchev–Trinajstić information content (AvgIpc) is 1.61. The lowest BCUT2D eigenvalue weighted by molar-refractivity contribution is 1.22. The van der Waals surface area contributed by atoms with E-state index in [4.69, 9.17) is 0 Å². The summed E-state index contributed by atoms with van der Waals surface area (Å²) in [6, 6.07) is 0. The standard InChI is InChI=1S/C6H9/c1-3-5-6-4-2/h4-5H,1,6H2,2H3. The maximum atomic E-state index is 3.40. The first kappa shape index (κ1) is 5.52. The van der Waals surface area contributed by atoms with E-state index < -0.39 is 0 Å². The van der Waals surface area contributed by atoms with Gasteiger partial charge in [0.05, 0.1) is 0 Å². The van der Waals surface area contributed by atoms with Gasteiger partial charge in [0.15, 0.2) is 0 Å². The van der Waals surface area contributed by atoms with Crippen LogP contribution in [0.1, 0.15) is 13.3 Å². The molecule has 0 aromatic rings. The molecule has 1 radical (unpaired) electrons. The Morgan fingerprint density at radius 1 is 1.83 bits per heavy atom. The molecule has 0 heterocycles. The molecular weight excluding hydrogens is 72.1 g/mol. The second-order valence-electron chi connectivity index (χ2n) is 1.05. The minimum atomic E-state index is 0.990. The summed E-state index contributed by atoms with van der Waals surface area (Å²) in [7, 11) is 0. The van der Waals surface area contributed by atoms with Crippen LogP contribution in [0.3, 0.4) is 0 Å². The summed E-state index contributed by atoms with van der Waals surface area (Å²) < 4.78 is 0. The lowest BCUT2D eigenvalue weighted by Crippen LogP contribution is -1.55. The highest BCUT2D eigenvalue weighted by Gasteiger charge is 1.64. The van der Waals surface area contributed by atoms with Crippen LogP contribution >= 0.6 is 0 Å². The third-order valence-electron chi connectivity index (χ3n) is 0.498. The summed E-state index contributed by atoms with van der Waals surface area (Å²) in [5, 5.41) is 0. The lowest BCUT2D eigenvalue weighted by Gasteiger charge is -1.72. The number of hydrogen-bond acceptors (Lipinski definition) is 0. The molecule has 0 saturated carbocycles. The van der Waals surface area contributed by atoms with Gasteiger partial charge in [0, 0.05) is 0 Å². The van der Waals surface area contributed by atoms with Crippen molar-refractivity contribution in [1.82, 2.24) is 0 Å².